The lowest BCUT2D eigenvalue weighted by Crippen LogP contribution is -2.39. The highest BCUT2D eigenvalue weighted by atomic mass is 16.5. The molecule has 186 valence electrons. The normalized spacial score (nSPS) is 24.5. The molecule has 0 radical (unpaired) electrons. The van der Waals surface area contributed by atoms with Gasteiger partial charge in [0, 0.05) is 13.2 Å². The van der Waals surface area contributed by atoms with Crippen molar-refractivity contribution in [2.24, 2.45) is 11.8 Å². The number of nitrogens with zero attached hydrogens (tertiary/aromatic N) is 1. The molecule has 1 fully saturated rings. The second-order valence-electron chi connectivity index (χ2n) is 10.4. The number of carbonyl (C=O) groups is 2. The molecule has 34 heavy (non-hydrogen) atoms. The molecule has 3 aliphatic rings. The van der Waals surface area contributed by atoms with E-state index in [9.17, 15) is 9.59 Å². The van der Waals surface area contributed by atoms with Crippen molar-refractivity contribution >= 4 is 11.7 Å². The zero-order valence-electron chi connectivity index (χ0n) is 21.0. The Labute approximate surface area is 203 Å². The van der Waals surface area contributed by atoms with Crippen molar-refractivity contribution < 1.29 is 23.8 Å². The summed E-state index contributed by atoms with van der Waals surface area (Å²) in [5.74, 6) is 1.38. The molecule has 2 aliphatic heterocycles. The first-order valence-corrected chi connectivity index (χ1v) is 13.0. The van der Waals surface area contributed by atoms with Crippen molar-refractivity contribution in [2.45, 2.75) is 84.5 Å². The van der Waals surface area contributed by atoms with Crippen LogP contribution in [0.5, 0.6) is 5.75 Å². The number of hydrogen-bond donors (Lipinski definition) is 0. The molecule has 1 saturated carbocycles. The van der Waals surface area contributed by atoms with Crippen LogP contribution in [0.3, 0.4) is 0 Å². The predicted molar refractivity (Wildman–Crippen MR) is 130 cm³/mol. The zero-order valence-corrected chi connectivity index (χ0v) is 21.0. The van der Waals surface area contributed by atoms with E-state index in [-0.39, 0.29) is 35.6 Å². The molecule has 0 N–H and O–H groups in total. The summed E-state index contributed by atoms with van der Waals surface area (Å²) in [5.41, 5.74) is 1.44. The van der Waals surface area contributed by atoms with E-state index >= 15 is 0 Å². The van der Waals surface area contributed by atoms with Crippen LogP contribution < -0.4 is 4.74 Å². The molecule has 1 aliphatic carbocycles. The van der Waals surface area contributed by atoms with Gasteiger partial charge in [-0.1, -0.05) is 32.4 Å². The first-order valence-electron chi connectivity index (χ1n) is 13.0. The maximum atomic E-state index is 13.7. The predicted octanol–water partition coefficient (Wildman–Crippen LogP) is 5.22. The van der Waals surface area contributed by atoms with Gasteiger partial charge in [0.25, 0.3) is 5.91 Å². The van der Waals surface area contributed by atoms with Crippen molar-refractivity contribution in [2.75, 3.05) is 19.8 Å². The van der Waals surface area contributed by atoms with Crippen LogP contribution >= 0.6 is 0 Å². The quantitative estimate of drug-likeness (QED) is 0.440. The molecule has 6 heteroatoms. The van der Waals surface area contributed by atoms with Crippen LogP contribution in [-0.2, 0) is 19.1 Å². The minimum absolute atomic E-state index is 0.0939. The largest absolute Gasteiger partial charge is 0.494 e. The molecule has 0 spiro atoms. The molecule has 1 amide bonds. The summed E-state index contributed by atoms with van der Waals surface area (Å²) in [6.45, 7) is 10.1. The molecule has 0 bridgehead atoms. The third kappa shape index (κ3) is 5.32. The third-order valence-corrected chi connectivity index (χ3v) is 6.99. The molecular weight excluding hydrogens is 430 g/mol. The zero-order chi connectivity index (χ0) is 24.2. The lowest BCUT2D eigenvalue weighted by Gasteiger charge is -2.35. The Morgan fingerprint density at radius 3 is 2.65 bits per heavy atom. The summed E-state index contributed by atoms with van der Waals surface area (Å²) in [6, 6.07) is 7.41. The number of fused-ring (bicyclic) bond motifs is 1. The molecule has 4 rings (SSSR count). The number of ether oxygens (including phenoxy) is 3. The Balaban J connectivity index is 1.62. The highest BCUT2D eigenvalue weighted by molar-refractivity contribution is 6.11. The molecule has 0 saturated heterocycles. The maximum absolute atomic E-state index is 13.7. The van der Waals surface area contributed by atoms with Crippen molar-refractivity contribution in [3.8, 4) is 5.75 Å². The first kappa shape index (κ1) is 24.8. The molecule has 6 nitrogen and oxygen atoms in total. The number of carbonyl (C=O) groups excluding carboxylic acids is 2. The van der Waals surface area contributed by atoms with Crippen LogP contribution in [0.1, 0.15) is 77.8 Å². The molecule has 1 aromatic carbocycles. The van der Waals surface area contributed by atoms with Gasteiger partial charge in [-0.2, -0.15) is 0 Å². The van der Waals surface area contributed by atoms with E-state index in [0.717, 1.165) is 43.4 Å². The summed E-state index contributed by atoms with van der Waals surface area (Å²) in [5, 5.41) is 0. The van der Waals surface area contributed by atoms with Gasteiger partial charge in [0.1, 0.15) is 11.9 Å². The fraction of sp³-hybridized carbons (Fsp3) is 0.643. The second-order valence-corrected chi connectivity index (χ2v) is 10.4. The van der Waals surface area contributed by atoms with Crippen LogP contribution in [0.25, 0.3) is 0 Å². The summed E-state index contributed by atoms with van der Waals surface area (Å²) in [7, 11) is 0. The highest BCUT2D eigenvalue weighted by Gasteiger charge is 2.51. The smallest absolute Gasteiger partial charge is 0.290 e. The fourth-order valence-electron chi connectivity index (χ4n) is 5.21. The van der Waals surface area contributed by atoms with Gasteiger partial charge >= 0.3 is 0 Å². The fourth-order valence-corrected chi connectivity index (χ4v) is 5.21. The van der Waals surface area contributed by atoms with E-state index in [1.165, 1.54) is 0 Å². The summed E-state index contributed by atoms with van der Waals surface area (Å²) in [6.07, 6.45) is 5.40. The average Bonchev–Trinajstić information content (AvgIpc) is 3.08. The minimum Gasteiger partial charge on any atom is -0.494 e. The number of benzene rings is 1. The standard InChI is InChI=1S/C28H39NO5/c1-18(2)13-16-33-21-10-7-9-20(17-21)25-24-26(30)22-11-5-6-12-23(22)34-27(24)28(31)29(25)14-8-15-32-19(3)4/h7,9-10,17-19,22-23,25H,5-6,8,11-16H2,1-4H3. The van der Waals surface area contributed by atoms with E-state index in [2.05, 4.69) is 13.8 Å². The van der Waals surface area contributed by atoms with Gasteiger partial charge in [-0.15, -0.1) is 0 Å². The van der Waals surface area contributed by atoms with Gasteiger partial charge in [-0.3, -0.25) is 9.59 Å². The van der Waals surface area contributed by atoms with E-state index in [1.807, 2.05) is 38.1 Å². The Bertz CT molecular complexity index is 921. The first-order chi connectivity index (χ1) is 16.4. The van der Waals surface area contributed by atoms with E-state index in [0.29, 0.717) is 37.7 Å². The van der Waals surface area contributed by atoms with Gasteiger partial charge in [0.05, 0.1) is 30.2 Å². The topological polar surface area (TPSA) is 65.1 Å². The average molecular weight is 470 g/mol. The minimum atomic E-state index is -0.439. The monoisotopic (exact) mass is 469 g/mol. The van der Waals surface area contributed by atoms with Crippen LogP contribution in [0.2, 0.25) is 0 Å². The van der Waals surface area contributed by atoms with Crippen LogP contribution in [-0.4, -0.2) is 48.6 Å². The van der Waals surface area contributed by atoms with E-state index < -0.39 is 6.04 Å². The van der Waals surface area contributed by atoms with Gasteiger partial charge in [-0.25, -0.2) is 0 Å². The van der Waals surface area contributed by atoms with Crippen LogP contribution in [0.15, 0.2) is 35.6 Å². The number of Topliss-reactive ketones (excluding diaryl/α,β-unsaturated/α-hetero) is 1. The summed E-state index contributed by atoms with van der Waals surface area (Å²) >= 11 is 0. The Morgan fingerprint density at radius 1 is 1.09 bits per heavy atom. The molecule has 0 aromatic heterocycles. The summed E-state index contributed by atoms with van der Waals surface area (Å²) in [4.78, 5) is 29.0. The van der Waals surface area contributed by atoms with Gasteiger partial charge < -0.3 is 19.1 Å². The van der Waals surface area contributed by atoms with Crippen LogP contribution in [0, 0.1) is 11.8 Å². The van der Waals surface area contributed by atoms with Gasteiger partial charge in [0.15, 0.2) is 11.5 Å². The molecule has 1 aromatic rings. The summed E-state index contributed by atoms with van der Waals surface area (Å²) < 4.78 is 18.0. The Hall–Kier alpha value is -2.34. The number of hydrogen-bond acceptors (Lipinski definition) is 5. The lowest BCUT2D eigenvalue weighted by atomic mass is 9.77. The third-order valence-electron chi connectivity index (χ3n) is 6.99. The highest BCUT2D eigenvalue weighted by Crippen LogP contribution is 2.47. The Morgan fingerprint density at radius 2 is 1.88 bits per heavy atom. The van der Waals surface area contributed by atoms with E-state index in [4.69, 9.17) is 14.2 Å². The van der Waals surface area contributed by atoms with Gasteiger partial charge in [-0.05, 0) is 69.6 Å². The van der Waals surface area contributed by atoms with E-state index in [1.54, 1.807) is 4.90 Å². The Kier molecular flexibility index (Phi) is 7.97. The van der Waals surface area contributed by atoms with Crippen molar-refractivity contribution in [3.05, 3.63) is 41.2 Å². The molecule has 3 atom stereocenters. The van der Waals surface area contributed by atoms with Gasteiger partial charge in [0.2, 0.25) is 0 Å². The SMILES string of the molecule is CC(C)CCOc1cccc(C2C3=C(OC4CCCCC4C3=O)C(=O)N2CCCOC(C)C)c1. The number of rotatable bonds is 10. The van der Waals surface area contributed by atoms with Crippen molar-refractivity contribution in [1.82, 2.24) is 4.90 Å². The number of amides is 1. The van der Waals surface area contributed by atoms with Crippen LogP contribution in [0.4, 0.5) is 0 Å². The van der Waals surface area contributed by atoms with Crippen molar-refractivity contribution in [3.63, 3.8) is 0 Å². The maximum Gasteiger partial charge on any atom is 0.290 e. The second kappa shape index (κ2) is 10.9. The van der Waals surface area contributed by atoms with Crippen molar-refractivity contribution in [1.29, 1.82) is 0 Å². The molecule has 3 unspecified atom stereocenters. The molecule has 2 heterocycles. The molecular formula is C28H39NO5. The number of ketones is 1. The lowest BCUT2D eigenvalue weighted by molar-refractivity contribution is -0.135.